The molecule has 0 spiro atoms. The van der Waals surface area contributed by atoms with E-state index in [9.17, 15) is 4.79 Å². The highest BCUT2D eigenvalue weighted by Gasteiger charge is 2.20. The SMILES string of the molecule is Cc1cc(CN2CCN(C(=O)/C=C\c3ccc(C)o3)CC2)on1. The summed E-state index contributed by atoms with van der Waals surface area (Å²) >= 11 is 0. The Labute approximate surface area is 135 Å². The van der Waals surface area contributed by atoms with Crippen molar-refractivity contribution in [3.05, 3.63) is 47.2 Å². The molecule has 0 N–H and O–H groups in total. The van der Waals surface area contributed by atoms with Crippen molar-refractivity contribution in [1.82, 2.24) is 15.0 Å². The van der Waals surface area contributed by atoms with E-state index in [1.54, 1.807) is 12.2 Å². The molecule has 6 heteroatoms. The molecule has 23 heavy (non-hydrogen) atoms. The predicted molar refractivity (Wildman–Crippen MR) is 85.6 cm³/mol. The van der Waals surface area contributed by atoms with Crippen LogP contribution in [0.5, 0.6) is 0 Å². The predicted octanol–water partition coefficient (Wildman–Crippen LogP) is 2.24. The molecular formula is C17H21N3O3. The van der Waals surface area contributed by atoms with Gasteiger partial charge in [-0.3, -0.25) is 9.69 Å². The van der Waals surface area contributed by atoms with E-state index in [-0.39, 0.29) is 5.91 Å². The van der Waals surface area contributed by atoms with Crippen molar-refractivity contribution in [2.24, 2.45) is 0 Å². The topological polar surface area (TPSA) is 62.7 Å². The first-order valence-corrected chi connectivity index (χ1v) is 7.78. The highest BCUT2D eigenvalue weighted by Crippen LogP contribution is 2.11. The van der Waals surface area contributed by atoms with Crippen LogP contribution >= 0.6 is 0 Å². The van der Waals surface area contributed by atoms with Gasteiger partial charge in [-0.2, -0.15) is 0 Å². The quantitative estimate of drug-likeness (QED) is 0.810. The van der Waals surface area contributed by atoms with Crippen molar-refractivity contribution < 1.29 is 13.7 Å². The number of aromatic nitrogens is 1. The van der Waals surface area contributed by atoms with Gasteiger partial charge in [0.05, 0.1) is 12.2 Å². The Kier molecular flexibility index (Phi) is 4.62. The number of nitrogens with zero attached hydrogens (tertiary/aromatic N) is 3. The molecule has 1 fully saturated rings. The van der Waals surface area contributed by atoms with E-state index in [0.29, 0.717) is 18.8 Å². The van der Waals surface area contributed by atoms with Gasteiger partial charge in [-0.15, -0.1) is 0 Å². The molecule has 122 valence electrons. The molecule has 3 rings (SSSR count). The van der Waals surface area contributed by atoms with Gasteiger partial charge in [-0.1, -0.05) is 5.16 Å². The summed E-state index contributed by atoms with van der Waals surface area (Å²) in [4.78, 5) is 16.3. The van der Waals surface area contributed by atoms with Gasteiger partial charge in [0, 0.05) is 38.3 Å². The smallest absolute Gasteiger partial charge is 0.246 e. The highest BCUT2D eigenvalue weighted by molar-refractivity contribution is 5.91. The number of carbonyl (C=O) groups excluding carboxylic acids is 1. The van der Waals surface area contributed by atoms with Crippen molar-refractivity contribution in [1.29, 1.82) is 0 Å². The standard InChI is InChI=1S/C17H21N3O3/c1-13-11-16(23-18-13)12-19-7-9-20(10-8-19)17(21)6-5-15-4-3-14(2)22-15/h3-6,11H,7-10,12H2,1-2H3/b6-5-. The maximum absolute atomic E-state index is 12.2. The van der Waals surface area contributed by atoms with Crippen LogP contribution in [0.2, 0.25) is 0 Å². The molecule has 1 aliphatic heterocycles. The lowest BCUT2D eigenvalue weighted by molar-refractivity contribution is -0.127. The Morgan fingerprint density at radius 1 is 1.26 bits per heavy atom. The van der Waals surface area contributed by atoms with Crippen LogP contribution in [-0.2, 0) is 11.3 Å². The first-order valence-electron chi connectivity index (χ1n) is 7.78. The Bertz CT molecular complexity index is 694. The van der Waals surface area contributed by atoms with E-state index in [0.717, 1.165) is 36.8 Å². The second-order valence-electron chi connectivity index (χ2n) is 5.82. The van der Waals surface area contributed by atoms with Gasteiger partial charge in [0.2, 0.25) is 5.91 Å². The number of carbonyl (C=O) groups is 1. The molecule has 1 aliphatic rings. The van der Waals surface area contributed by atoms with E-state index in [1.165, 1.54) is 0 Å². The Balaban J connectivity index is 1.48. The molecule has 0 radical (unpaired) electrons. The third-order valence-electron chi connectivity index (χ3n) is 3.89. The van der Waals surface area contributed by atoms with E-state index < -0.39 is 0 Å². The highest BCUT2D eigenvalue weighted by atomic mass is 16.5. The van der Waals surface area contributed by atoms with E-state index in [1.807, 2.05) is 36.9 Å². The van der Waals surface area contributed by atoms with Gasteiger partial charge in [-0.05, 0) is 32.1 Å². The average Bonchev–Trinajstić information content (AvgIpc) is 3.14. The van der Waals surface area contributed by atoms with Crippen molar-refractivity contribution in [2.75, 3.05) is 26.2 Å². The molecule has 0 aromatic carbocycles. The van der Waals surface area contributed by atoms with E-state index >= 15 is 0 Å². The molecule has 2 aromatic rings. The van der Waals surface area contributed by atoms with Crippen molar-refractivity contribution in [3.63, 3.8) is 0 Å². The van der Waals surface area contributed by atoms with Crippen LogP contribution in [0.25, 0.3) is 6.08 Å². The minimum Gasteiger partial charge on any atom is -0.462 e. The molecule has 6 nitrogen and oxygen atoms in total. The number of rotatable bonds is 4. The average molecular weight is 315 g/mol. The summed E-state index contributed by atoms with van der Waals surface area (Å²) in [7, 11) is 0. The fourth-order valence-corrected chi connectivity index (χ4v) is 2.64. The third-order valence-corrected chi connectivity index (χ3v) is 3.89. The van der Waals surface area contributed by atoms with E-state index in [2.05, 4.69) is 10.1 Å². The Hall–Kier alpha value is -2.34. The summed E-state index contributed by atoms with van der Waals surface area (Å²) in [5, 5.41) is 3.90. The van der Waals surface area contributed by atoms with Crippen LogP contribution in [0.15, 0.2) is 33.2 Å². The second kappa shape index (κ2) is 6.83. The lowest BCUT2D eigenvalue weighted by Gasteiger charge is -2.33. The van der Waals surface area contributed by atoms with Crippen molar-refractivity contribution in [2.45, 2.75) is 20.4 Å². The molecule has 3 heterocycles. The van der Waals surface area contributed by atoms with Gasteiger partial charge >= 0.3 is 0 Å². The second-order valence-corrected chi connectivity index (χ2v) is 5.82. The van der Waals surface area contributed by atoms with E-state index in [4.69, 9.17) is 8.94 Å². The summed E-state index contributed by atoms with van der Waals surface area (Å²) in [6, 6.07) is 5.69. The Morgan fingerprint density at radius 3 is 2.65 bits per heavy atom. The van der Waals surface area contributed by atoms with Crippen LogP contribution in [0.4, 0.5) is 0 Å². The van der Waals surface area contributed by atoms with Gasteiger partial charge in [0.25, 0.3) is 0 Å². The van der Waals surface area contributed by atoms with Gasteiger partial charge < -0.3 is 13.8 Å². The number of furan rings is 1. The number of hydrogen-bond donors (Lipinski definition) is 0. The fourth-order valence-electron chi connectivity index (χ4n) is 2.64. The summed E-state index contributed by atoms with van der Waals surface area (Å²) in [6.07, 6.45) is 3.30. The molecule has 0 aliphatic carbocycles. The maximum Gasteiger partial charge on any atom is 0.246 e. The normalized spacial score (nSPS) is 16.3. The van der Waals surface area contributed by atoms with Gasteiger partial charge in [0.15, 0.2) is 5.76 Å². The van der Waals surface area contributed by atoms with Crippen molar-refractivity contribution >= 4 is 12.0 Å². The number of amides is 1. The van der Waals surface area contributed by atoms with Crippen LogP contribution in [0, 0.1) is 13.8 Å². The van der Waals surface area contributed by atoms with Crippen LogP contribution in [-0.4, -0.2) is 47.0 Å². The summed E-state index contributed by atoms with van der Waals surface area (Å²) in [6.45, 7) is 7.63. The number of hydrogen-bond acceptors (Lipinski definition) is 5. The molecular weight excluding hydrogens is 294 g/mol. The zero-order valence-electron chi connectivity index (χ0n) is 13.5. The van der Waals surface area contributed by atoms with Gasteiger partial charge in [-0.25, -0.2) is 0 Å². The maximum atomic E-state index is 12.2. The largest absolute Gasteiger partial charge is 0.462 e. The third kappa shape index (κ3) is 4.10. The minimum atomic E-state index is 0.0224. The molecule has 0 unspecified atom stereocenters. The molecule has 0 saturated carbocycles. The fraction of sp³-hybridized carbons (Fsp3) is 0.412. The molecule has 0 atom stereocenters. The van der Waals surface area contributed by atoms with Gasteiger partial charge in [0.1, 0.15) is 11.5 Å². The van der Waals surface area contributed by atoms with Crippen LogP contribution < -0.4 is 0 Å². The molecule has 1 saturated heterocycles. The Morgan fingerprint density at radius 2 is 2.04 bits per heavy atom. The number of aryl methyl sites for hydroxylation is 2. The summed E-state index contributed by atoms with van der Waals surface area (Å²) in [5.41, 5.74) is 0.895. The summed E-state index contributed by atoms with van der Waals surface area (Å²) in [5.74, 6) is 2.44. The molecule has 0 bridgehead atoms. The number of piperazine rings is 1. The molecule has 2 aromatic heterocycles. The zero-order valence-corrected chi connectivity index (χ0v) is 13.5. The minimum absolute atomic E-state index is 0.0224. The zero-order chi connectivity index (χ0) is 16.2. The first-order chi connectivity index (χ1) is 11.1. The van der Waals surface area contributed by atoms with Crippen LogP contribution in [0.3, 0.4) is 0 Å². The van der Waals surface area contributed by atoms with Crippen LogP contribution in [0.1, 0.15) is 23.0 Å². The monoisotopic (exact) mass is 315 g/mol. The lowest BCUT2D eigenvalue weighted by Crippen LogP contribution is -2.47. The first kappa shape index (κ1) is 15.6. The summed E-state index contributed by atoms with van der Waals surface area (Å²) < 4.78 is 10.7. The molecule has 1 amide bonds. The van der Waals surface area contributed by atoms with Crippen molar-refractivity contribution in [3.8, 4) is 0 Å². The lowest BCUT2D eigenvalue weighted by atomic mass is 10.2.